The fourth-order valence-electron chi connectivity index (χ4n) is 4.13. The zero-order chi connectivity index (χ0) is 22.5. The summed E-state index contributed by atoms with van der Waals surface area (Å²) in [5.74, 6) is -0.307. The summed E-state index contributed by atoms with van der Waals surface area (Å²) in [6, 6.07) is 12.3. The van der Waals surface area contributed by atoms with E-state index in [1.807, 2.05) is 29.2 Å². The molecule has 32 heavy (non-hydrogen) atoms. The van der Waals surface area contributed by atoms with E-state index in [4.69, 9.17) is 27.9 Å². The van der Waals surface area contributed by atoms with Crippen molar-refractivity contribution in [2.45, 2.75) is 18.9 Å². The van der Waals surface area contributed by atoms with E-state index in [-0.39, 0.29) is 24.4 Å². The molecule has 2 fully saturated rings. The Balaban J connectivity index is 1.31. The van der Waals surface area contributed by atoms with E-state index in [0.717, 1.165) is 44.1 Å². The summed E-state index contributed by atoms with van der Waals surface area (Å²) in [6.07, 6.45) is 1.55. The molecule has 1 unspecified atom stereocenters. The Bertz CT molecular complexity index is 944. The maximum atomic E-state index is 12.8. The molecule has 0 aliphatic carbocycles. The zero-order valence-electron chi connectivity index (χ0n) is 17.7. The number of likely N-dealkylation sites (tertiary alicyclic amines) is 1. The quantitative estimate of drug-likeness (QED) is 0.661. The van der Waals surface area contributed by atoms with Crippen LogP contribution in [0.15, 0.2) is 42.5 Å². The first-order chi connectivity index (χ1) is 15.5. The van der Waals surface area contributed by atoms with Crippen LogP contribution in [0, 0.1) is 0 Å². The number of rotatable bonds is 6. The summed E-state index contributed by atoms with van der Waals surface area (Å²) in [7, 11) is 0. The third-order valence-electron chi connectivity index (χ3n) is 5.67. The van der Waals surface area contributed by atoms with Gasteiger partial charge in [-0.25, -0.2) is 0 Å². The molecule has 2 aliphatic rings. The van der Waals surface area contributed by atoms with E-state index in [2.05, 4.69) is 15.5 Å². The lowest BCUT2D eigenvalue weighted by Crippen LogP contribution is -2.43. The van der Waals surface area contributed by atoms with Gasteiger partial charge in [0.15, 0.2) is 0 Å². The number of carbonyl (C=O) groups excluding carboxylic acids is 2. The second-order valence-electron chi connectivity index (χ2n) is 7.97. The van der Waals surface area contributed by atoms with Gasteiger partial charge in [0.05, 0.1) is 25.8 Å². The normalized spacial score (nSPS) is 19.1. The second-order valence-corrected chi connectivity index (χ2v) is 8.84. The molecule has 0 spiro atoms. The fourth-order valence-corrected chi connectivity index (χ4v) is 4.65. The smallest absolute Gasteiger partial charge is 0.241 e. The molecular formula is C23H26Cl2N4O3. The summed E-state index contributed by atoms with van der Waals surface area (Å²) in [6.45, 7) is 4.04. The Morgan fingerprint density at radius 1 is 0.938 bits per heavy atom. The monoisotopic (exact) mass is 476 g/mol. The first-order valence-corrected chi connectivity index (χ1v) is 11.5. The number of halogens is 2. The molecule has 7 nitrogen and oxygen atoms in total. The number of hydrogen-bond acceptors (Lipinski definition) is 5. The van der Waals surface area contributed by atoms with Crippen molar-refractivity contribution in [2.75, 3.05) is 54.9 Å². The maximum absolute atomic E-state index is 12.8. The SMILES string of the molecule is O=C(CN1CCCC1C(=O)Nc1cc(Cl)cc(Cl)c1)Nc1ccc(N2CCOCC2)cc1. The lowest BCUT2D eigenvalue weighted by Gasteiger charge is -2.29. The van der Waals surface area contributed by atoms with Crippen LogP contribution in [0.25, 0.3) is 0 Å². The van der Waals surface area contributed by atoms with Gasteiger partial charge in [-0.2, -0.15) is 0 Å². The molecular weight excluding hydrogens is 451 g/mol. The van der Waals surface area contributed by atoms with Crippen LogP contribution in [-0.4, -0.2) is 62.1 Å². The Morgan fingerprint density at radius 3 is 2.31 bits per heavy atom. The molecule has 0 radical (unpaired) electrons. The summed E-state index contributed by atoms with van der Waals surface area (Å²) in [4.78, 5) is 29.6. The predicted octanol–water partition coefficient (Wildman–Crippen LogP) is 3.87. The average molecular weight is 477 g/mol. The number of hydrogen-bond donors (Lipinski definition) is 2. The molecule has 2 N–H and O–H groups in total. The van der Waals surface area contributed by atoms with Crippen molar-refractivity contribution in [1.82, 2.24) is 4.90 Å². The number of morpholine rings is 1. The van der Waals surface area contributed by atoms with Crippen LogP contribution < -0.4 is 15.5 Å². The van der Waals surface area contributed by atoms with Gasteiger partial charge in [0, 0.05) is 40.2 Å². The van der Waals surface area contributed by atoms with Gasteiger partial charge in [-0.15, -0.1) is 0 Å². The topological polar surface area (TPSA) is 73.9 Å². The van der Waals surface area contributed by atoms with Crippen LogP contribution in [0.4, 0.5) is 17.1 Å². The lowest BCUT2D eigenvalue weighted by molar-refractivity contribution is -0.122. The number of ether oxygens (including phenoxy) is 1. The van der Waals surface area contributed by atoms with E-state index in [9.17, 15) is 9.59 Å². The number of amides is 2. The standard InChI is InChI=1S/C23H26Cl2N4O3/c24-16-12-17(25)14-19(13-16)27-23(31)21-2-1-7-29(21)15-22(30)26-18-3-5-20(6-4-18)28-8-10-32-11-9-28/h3-6,12-14,21H,1-2,7-11,15H2,(H,26,30)(H,27,31). The van der Waals surface area contributed by atoms with Crippen molar-refractivity contribution in [2.24, 2.45) is 0 Å². The largest absolute Gasteiger partial charge is 0.378 e. The summed E-state index contributed by atoms with van der Waals surface area (Å²) >= 11 is 12.0. The highest BCUT2D eigenvalue weighted by atomic mass is 35.5. The molecule has 0 aromatic heterocycles. The molecule has 2 aromatic carbocycles. The first-order valence-electron chi connectivity index (χ1n) is 10.7. The highest BCUT2D eigenvalue weighted by Gasteiger charge is 2.32. The highest BCUT2D eigenvalue weighted by molar-refractivity contribution is 6.35. The van der Waals surface area contributed by atoms with Gasteiger partial charge in [0.1, 0.15) is 0 Å². The van der Waals surface area contributed by atoms with Crippen molar-refractivity contribution in [3.8, 4) is 0 Å². The van der Waals surface area contributed by atoms with Crippen LogP contribution >= 0.6 is 23.2 Å². The van der Waals surface area contributed by atoms with Crippen molar-refractivity contribution in [3.63, 3.8) is 0 Å². The van der Waals surface area contributed by atoms with E-state index >= 15 is 0 Å². The van der Waals surface area contributed by atoms with Gasteiger partial charge in [0.2, 0.25) is 11.8 Å². The molecule has 2 saturated heterocycles. The Kier molecular flexibility index (Phi) is 7.52. The van der Waals surface area contributed by atoms with Crippen LogP contribution in [0.1, 0.15) is 12.8 Å². The molecule has 2 heterocycles. The van der Waals surface area contributed by atoms with Gasteiger partial charge in [0.25, 0.3) is 0 Å². The van der Waals surface area contributed by atoms with E-state index in [1.165, 1.54) is 0 Å². The number of nitrogens with zero attached hydrogens (tertiary/aromatic N) is 2. The Hall–Kier alpha value is -2.32. The second kappa shape index (κ2) is 10.5. The average Bonchev–Trinajstić information content (AvgIpc) is 3.22. The van der Waals surface area contributed by atoms with E-state index in [0.29, 0.717) is 28.7 Å². The number of nitrogens with one attached hydrogen (secondary N) is 2. The lowest BCUT2D eigenvalue weighted by atomic mass is 10.2. The van der Waals surface area contributed by atoms with Crippen molar-refractivity contribution < 1.29 is 14.3 Å². The molecule has 9 heteroatoms. The highest BCUT2D eigenvalue weighted by Crippen LogP contribution is 2.25. The van der Waals surface area contributed by atoms with Crippen LogP contribution in [0.3, 0.4) is 0 Å². The van der Waals surface area contributed by atoms with Gasteiger partial charge < -0.3 is 20.3 Å². The van der Waals surface area contributed by atoms with Gasteiger partial charge >= 0.3 is 0 Å². The molecule has 1 atom stereocenters. The van der Waals surface area contributed by atoms with Gasteiger partial charge in [-0.1, -0.05) is 23.2 Å². The molecule has 0 bridgehead atoms. The van der Waals surface area contributed by atoms with Crippen LogP contribution in [0.2, 0.25) is 10.0 Å². The van der Waals surface area contributed by atoms with Crippen LogP contribution in [0.5, 0.6) is 0 Å². The minimum Gasteiger partial charge on any atom is -0.378 e. The number of anilines is 3. The fraction of sp³-hybridized carbons (Fsp3) is 0.391. The number of carbonyl (C=O) groups is 2. The zero-order valence-corrected chi connectivity index (χ0v) is 19.2. The molecule has 0 saturated carbocycles. The van der Waals surface area contributed by atoms with E-state index < -0.39 is 0 Å². The van der Waals surface area contributed by atoms with E-state index in [1.54, 1.807) is 18.2 Å². The number of benzene rings is 2. The third-order valence-corrected chi connectivity index (χ3v) is 6.11. The Labute approximate surface area is 197 Å². The van der Waals surface area contributed by atoms with Crippen LogP contribution in [-0.2, 0) is 14.3 Å². The Morgan fingerprint density at radius 2 is 1.62 bits per heavy atom. The molecule has 170 valence electrons. The molecule has 2 aliphatic heterocycles. The van der Waals surface area contributed by atoms with Crippen molar-refractivity contribution in [3.05, 3.63) is 52.5 Å². The minimum atomic E-state index is -0.373. The summed E-state index contributed by atoms with van der Waals surface area (Å²) in [5, 5.41) is 6.70. The molecule has 2 aromatic rings. The molecule has 4 rings (SSSR count). The van der Waals surface area contributed by atoms with Crippen molar-refractivity contribution >= 4 is 52.1 Å². The summed E-state index contributed by atoms with van der Waals surface area (Å²) in [5.41, 5.74) is 2.40. The summed E-state index contributed by atoms with van der Waals surface area (Å²) < 4.78 is 5.39. The molecule has 2 amide bonds. The van der Waals surface area contributed by atoms with Gasteiger partial charge in [-0.05, 0) is 61.9 Å². The van der Waals surface area contributed by atoms with Gasteiger partial charge in [-0.3, -0.25) is 14.5 Å². The minimum absolute atomic E-state index is 0.144. The predicted molar refractivity (Wildman–Crippen MR) is 128 cm³/mol. The van der Waals surface area contributed by atoms with Crippen molar-refractivity contribution in [1.29, 1.82) is 0 Å². The maximum Gasteiger partial charge on any atom is 0.241 e. The first kappa shape index (κ1) is 22.9. The third kappa shape index (κ3) is 5.92.